The van der Waals surface area contributed by atoms with Crippen LogP contribution in [-0.4, -0.2) is 138 Å². The van der Waals surface area contributed by atoms with E-state index in [0.29, 0.717) is 58.6 Å². The van der Waals surface area contributed by atoms with Gasteiger partial charge in [-0.1, -0.05) is 280 Å². The molecular formula is C107H154N8O15S3. The maximum atomic E-state index is 15.2. The van der Waals surface area contributed by atoms with Gasteiger partial charge in [0.1, 0.15) is 15.5 Å². The van der Waals surface area contributed by atoms with E-state index in [1.165, 1.54) is 122 Å². The number of aryl methyl sites for hydroxylation is 3. The van der Waals surface area contributed by atoms with Crippen molar-refractivity contribution in [1.29, 1.82) is 0 Å². The van der Waals surface area contributed by atoms with E-state index in [9.17, 15) is 40.8 Å². The highest BCUT2D eigenvalue weighted by Gasteiger charge is 2.58. The van der Waals surface area contributed by atoms with Crippen LogP contribution in [0.25, 0.3) is 0 Å². The topological polar surface area (TPSA) is 279 Å². The second-order valence-electron chi connectivity index (χ2n) is 41.2. The van der Waals surface area contributed by atoms with Gasteiger partial charge in [0.15, 0.2) is 52.2 Å². The number of nitrogens with zero attached hydrogens (tertiary/aromatic N) is 6. The van der Waals surface area contributed by atoms with E-state index in [2.05, 4.69) is 114 Å². The Hall–Kier alpha value is -9.27. The molecule has 6 amide bonds. The molecule has 2 saturated heterocycles. The van der Waals surface area contributed by atoms with Crippen LogP contribution >= 0.6 is 11.8 Å². The third-order valence-corrected chi connectivity index (χ3v) is 30.8. The Morgan fingerprint density at radius 2 is 0.955 bits per heavy atom. The molecule has 4 aliphatic rings. The van der Waals surface area contributed by atoms with Crippen LogP contribution in [0.1, 0.15) is 314 Å². The number of fused-ring (bicyclic) bond motifs is 2. The number of sulfonamides is 2. The van der Waals surface area contributed by atoms with E-state index < -0.39 is 79.1 Å². The normalized spacial score (nSPS) is 17.0. The third kappa shape index (κ3) is 29.6. The molecule has 23 nitrogen and oxygen atoms in total. The van der Waals surface area contributed by atoms with Crippen LogP contribution in [-0.2, 0) is 54.1 Å². The molecule has 26 heteroatoms. The number of amidine groups is 2. The van der Waals surface area contributed by atoms with Crippen LogP contribution in [0.2, 0.25) is 0 Å². The summed E-state index contributed by atoms with van der Waals surface area (Å²) in [6.07, 6.45) is 26.6. The largest absolute Gasteiger partial charge is 0.493 e. The van der Waals surface area contributed by atoms with Crippen LogP contribution in [0.15, 0.2) is 152 Å². The lowest BCUT2D eigenvalue weighted by Crippen LogP contribution is -2.59. The third-order valence-electron chi connectivity index (χ3n) is 25.8. The van der Waals surface area contributed by atoms with Gasteiger partial charge >= 0.3 is 12.2 Å². The first-order valence-corrected chi connectivity index (χ1v) is 52.9. The average molecular weight is 1890 g/mol. The predicted molar refractivity (Wildman–Crippen MR) is 536 cm³/mol. The van der Waals surface area contributed by atoms with Crippen LogP contribution in [0.5, 0.6) is 23.0 Å². The van der Waals surface area contributed by atoms with E-state index >= 15 is 4.79 Å². The van der Waals surface area contributed by atoms with Gasteiger partial charge in [-0.3, -0.25) is 27.8 Å². The molecular weight excluding hydrogens is 1730 g/mol. The average Bonchev–Trinajstić information content (AvgIpc) is 1.72. The molecule has 0 radical (unpaired) electrons. The second kappa shape index (κ2) is 48.5. The number of cyclic esters (lactones) is 2. The summed E-state index contributed by atoms with van der Waals surface area (Å²) in [7, 11) is -8.63. The van der Waals surface area contributed by atoms with Gasteiger partial charge in [0, 0.05) is 30.2 Å². The van der Waals surface area contributed by atoms with E-state index in [1.807, 2.05) is 75.4 Å². The summed E-state index contributed by atoms with van der Waals surface area (Å²) < 4.78 is 91.0. The zero-order chi connectivity index (χ0) is 97.4. The van der Waals surface area contributed by atoms with Crippen LogP contribution in [0, 0.1) is 55.3 Å². The summed E-state index contributed by atoms with van der Waals surface area (Å²) in [4.78, 5) is 97.3. The monoisotopic (exact) mass is 1890 g/mol. The molecule has 0 saturated carbocycles. The molecule has 6 atom stereocenters. The molecule has 0 bridgehead atoms. The lowest BCUT2D eigenvalue weighted by molar-refractivity contribution is -0.137. The van der Waals surface area contributed by atoms with Gasteiger partial charge < -0.3 is 34.3 Å². The molecule has 6 aromatic carbocycles. The Balaban J connectivity index is 0.000000307. The number of ether oxygens (including phenoxy) is 5. The van der Waals surface area contributed by atoms with E-state index in [1.54, 1.807) is 60.3 Å². The number of thioether (sulfide) groups is 1. The maximum Gasteiger partial charge on any atom is 0.418 e. The maximum absolute atomic E-state index is 15.2. The molecule has 4 aliphatic heterocycles. The van der Waals surface area contributed by atoms with Crippen molar-refractivity contribution >= 4 is 102 Å². The summed E-state index contributed by atoms with van der Waals surface area (Å²) in [6, 6.07) is 33.4. The summed E-state index contributed by atoms with van der Waals surface area (Å²) in [5, 5.41) is 5.93. The summed E-state index contributed by atoms with van der Waals surface area (Å²) in [6.45, 7) is 43.4. The van der Waals surface area contributed by atoms with Gasteiger partial charge in [-0.15, -0.1) is 11.8 Å². The molecule has 0 aliphatic carbocycles. The van der Waals surface area contributed by atoms with Gasteiger partial charge in [0.2, 0.25) is 0 Å². The lowest BCUT2D eigenvalue weighted by atomic mass is 9.76. The van der Waals surface area contributed by atoms with Crippen LogP contribution < -0.4 is 24.8 Å². The summed E-state index contributed by atoms with van der Waals surface area (Å²) in [5.74, 6) is 0.637. The van der Waals surface area contributed by atoms with Gasteiger partial charge in [0.05, 0.1) is 36.0 Å². The second-order valence-corrected chi connectivity index (χ2v) is 45.9. The molecule has 133 heavy (non-hydrogen) atoms. The van der Waals surface area contributed by atoms with Crippen molar-refractivity contribution in [1.82, 2.24) is 18.4 Å². The molecule has 0 spiro atoms. The number of carbonyl (C=O) groups excluding carboxylic acids is 6. The van der Waals surface area contributed by atoms with Gasteiger partial charge in [-0.2, -0.15) is 0 Å². The van der Waals surface area contributed by atoms with E-state index in [0.717, 1.165) is 124 Å². The number of carbonyl (C=O) groups is 6. The first kappa shape index (κ1) is 107. The highest BCUT2D eigenvalue weighted by Crippen LogP contribution is 2.44. The Bertz CT molecular complexity index is 5240. The zero-order valence-corrected chi connectivity index (χ0v) is 86.0. The number of anilines is 2. The summed E-state index contributed by atoms with van der Waals surface area (Å²) >= 11 is 1.66. The number of hydrogen-bond acceptors (Lipinski definition) is 18. The first-order valence-electron chi connectivity index (χ1n) is 49.0. The number of imide groups is 2. The van der Waals surface area contributed by atoms with Crippen molar-refractivity contribution in [3.63, 3.8) is 0 Å². The minimum Gasteiger partial charge on any atom is -0.493 e. The van der Waals surface area contributed by atoms with Gasteiger partial charge in [-0.25, -0.2) is 46.2 Å². The van der Waals surface area contributed by atoms with Gasteiger partial charge in [0.25, 0.3) is 43.7 Å². The molecule has 2 fully saturated rings. The van der Waals surface area contributed by atoms with Crippen molar-refractivity contribution < 1.29 is 69.3 Å². The minimum absolute atomic E-state index is 0.0148. The fraction of sp³-hybridized carbons (Fsp3) is 0.589. The predicted octanol–water partition coefficient (Wildman–Crippen LogP) is 26.3. The minimum atomic E-state index is -4.42. The SMILES string of the molecule is CCC(C)(C)c1ccc(OCCCN2C(C(C(=O)Nc3cc(C)ccc3Oc3ccccc3OCC(CCC(C)CC(C)(C)C)C(C)CC(C)(C)C)N3C(=O)OC(C)(C)C3=O)=Nc3ccccc3S2(=O)=O)c(C)c1.CCCCCCCCCCCCCCCCCCN1C(C(C(=O)Nc2cc(C)ccc2SCC(CC)CCCC)N2C(=O)OC(C)(C)C2=O)=Nc2ccccc2S1(=O)=O. The highest BCUT2D eigenvalue weighted by molar-refractivity contribution is 7.99. The number of rotatable bonds is 50. The Morgan fingerprint density at radius 3 is 1.44 bits per heavy atom. The van der Waals surface area contributed by atoms with Crippen molar-refractivity contribution in [2.45, 2.75) is 356 Å². The lowest BCUT2D eigenvalue weighted by Gasteiger charge is -2.35. The van der Waals surface area contributed by atoms with Crippen LogP contribution in [0.3, 0.4) is 0 Å². The zero-order valence-electron chi connectivity index (χ0n) is 83.5. The molecule has 4 heterocycles. The number of amides is 6. The smallest absolute Gasteiger partial charge is 0.418 e. The van der Waals surface area contributed by atoms with Crippen LogP contribution in [0.4, 0.5) is 32.3 Å². The fourth-order valence-electron chi connectivity index (χ4n) is 17.9. The Kier molecular flexibility index (Phi) is 39.1. The standard InChI is InChI=1S/C60H82N4O9S.C47H72N4O6S2/c1-16-59(12,13)44-29-31-47(41(4)35-44)70-33-21-32-63-53(61-45-22-17-20-25-51(45)74(63,68)69)52(64-55(66)60(14,15)73-56(64)67)54(65)62-46-34-39(2)27-30-48(46)72-50-24-19-18-23-49(50)71-38-43(42(5)37-58(9,10)11)28-26-40(3)36-57(6,7)8;1-7-10-12-13-14-15-16-17-18-19-20-21-22-23-24-27-33-50-43(48-38-29-25-26-30-41(38)59(50,55)56)42(51-45(53)47(5,6)57-46(51)54)44(52)49-39-34-36(4)31-32-40(39)58-35-37(9-3)28-11-8-2/h17-20,22-25,27,29-31,34-35,40,42-43,52H,16,21,26,28,32-33,36-38H2,1-15H3,(H,62,65);25-26,29-32,34,37,42H,7-24,27-28,33,35H2,1-6H3,(H,49,52). The Morgan fingerprint density at radius 1 is 0.496 bits per heavy atom. The first-order chi connectivity index (χ1) is 62.9. The molecule has 2 N–H and O–H groups in total. The highest BCUT2D eigenvalue weighted by atomic mass is 32.2. The van der Waals surface area contributed by atoms with Crippen molar-refractivity contribution in [2.24, 2.45) is 44.5 Å². The number of nitrogens with one attached hydrogen (secondary N) is 2. The van der Waals surface area contributed by atoms with Crippen molar-refractivity contribution in [3.8, 4) is 23.0 Å². The fourth-order valence-corrected chi connectivity index (χ4v) is 22.4. The number of aliphatic imine (C=N–C) groups is 2. The van der Waals surface area contributed by atoms with Crippen molar-refractivity contribution in [3.05, 3.63) is 150 Å². The number of unbranched alkanes of at least 4 members (excludes halogenated alkanes) is 16. The number of hydrogen-bond donors (Lipinski definition) is 2. The number of benzene rings is 6. The molecule has 0 aromatic heterocycles. The molecule has 730 valence electrons. The quantitative estimate of drug-likeness (QED) is 0.0265. The molecule has 6 unspecified atom stereocenters. The molecule has 10 rings (SSSR count). The van der Waals surface area contributed by atoms with Gasteiger partial charge in [-0.05, 0) is 216 Å². The van der Waals surface area contributed by atoms with E-state index in [4.69, 9.17) is 33.7 Å². The van der Waals surface area contributed by atoms with E-state index in [-0.39, 0.29) is 92.6 Å². The number of para-hydroxylation sites is 4. The molecule has 6 aromatic rings. The van der Waals surface area contributed by atoms with Crippen molar-refractivity contribution in [2.75, 3.05) is 42.7 Å². The Labute approximate surface area is 800 Å². The summed E-state index contributed by atoms with van der Waals surface area (Å²) in [5.41, 5.74) is 1.85.